The number of ether oxygens (including phenoxy) is 3. The van der Waals surface area contributed by atoms with Crippen molar-refractivity contribution in [3.8, 4) is 5.75 Å². The van der Waals surface area contributed by atoms with E-state index in [0.29, 0.717) is 24.8 Å². The van der Waals surface area contributed by atoms with Gasteiger partial charge in [0.15, 0.2) is 0 Å². The molecule has 1 N–H and O–H groups in total. The summed E-state index contributed by atoms with van der Waals surface area (Å²) in [6, 6.07) is 13.3. The second-order valence-corrected chi connectivity index (χ2v) is 10.6. The number of nitrogens with one attached hydrogen (secondary N) is 1. The first kappa shape index (κ1) is 27.0. The first-order valence-corrected chi connectivity index (χ1v) is 12.4. The number of hydrogen-bond donors (Lipinski definition) is 1. The van der Waals surface area contributed by atoms with E-state index in [0.717, 1.165) is 12.0 Å². The van der Waals surface area contributed by atoms with Crippen molar-refractivity contribution in [2.24, 2.45) is 5.92 Å². The summed E-state index contributed by atoms with van der Waals surface area (Å²) in [4.78, 5) is 31.8. The smallest absolute Gasteiger partial charge is 0.387 e. The third-order valence-corrected chi connectivity index (χ3v) is 6.93. The molecule has 2 aromatic rings. The number of rotatable bonds is 6. The Kier molecular flexibility index (Phi) is 7.85. The Balaban J connectivity index is 1.72. The lowest BCUT2D eigenvalue weighted by Crippen LogP contribution is -2.47. The van der Waals surface area contributed by atoms with Crippen molar-refractivity contribution >= 4 is 11.9 Å². The summed E-state index contributed by atoms with van der Waals surface area (Å²) in [5.74, 6) is -1.73. The van der Waals surface area contributed by atoms with E-state index in [2.05, 4.69) is 5.48 Å². The van der Waals surface area contributed by atoms with Gasteiger partial charge in [-0.1, -0.05) is 30.3 Å². The fourth-order valence-corrected chi connectivity index (χ4v) is 5.54. The Morgan fingerprint density at radius 3 is 2.51 bits per heavy atom. The largest absolute Gasteiger partial charge is 0.465 e. The van der Waals surface area contributed by atoms with Crippen LogP contribution in [0.3, 0.4) is 0 Å². The molecule has 2 aromatic carbocycles. The van der Waals surface area contributed by atoms with E-state index in [1.54, 1.807) is 0 Å². The molecule has 37 heavy (non-hydrogen) atoms. The standard InChI is InChI=1S/C28H33F2NO6/c1-27(2,3)36-25(33)19-11-8-14-28(23(19)17-9-6-5-7-10-17)16-21(31-37-28)20-15-18(24(32)34-4)12-13-22(20)35-26(29)30/h5-7,9-10,12-13,15,19,21,23,26,31H,8,11,14,16H2,1-4H3/t19?,21-,23+,28+/m0/s1. The van der Waals surface area contributed by atoms with E-state index >= 15 is 0 Å². The molecule has 0 amide bonds. The minimum absolute atomic E-state index is 0.0587. The van der Waals surface area contributed by atoms with Crippen molar-refractivity contribution in [2.75, 3.05) is 7.11 Å². The topological polar surface area (TPSA) is 83.1 Å². The van der Waals surface area contributed by atoms with Gasteiger partial charge in [-0.3, -0.25) is 9.63 Å². The van der Waals surface area contributed by atoms with Gasteiger partial charge in [0.1, 0.15) is 11.4 Å². The second kappa shape index (κ2) is 10.8. The maximum absolute atomic E-state index is 13.4. The fourth-order valence-electron chi connectivity index (χ4n) is 5.54. The average Bonchev–Trinajstić information content (AvgIpc) is 3.26. The van der Waals surface area contributed by atoms with Crippen molar-refractivity contribution in [1.82, 2.24) is 5.48 Å². The normalized spacial score (nSPS) is 25.8. The van der Waals surface area contributed by atoms with Crippen LogP contribution in [0.5, 0.6) is 5.75 Å². The number of alkyl halides is 2. The molecule has 0 radical (unpaired) electrons. The predicted molar refractivity (Wildman–Crippen MR) is 131 cm³/mol. The van der Waals surface area contributed by atoms with E-state index in [4.69, 9.17) is 19.0 Å². The first-order chi connectivity index (χ1) is 17.5. The van der Waals surface area contributed by atoms with Crippen LogP contribution in [-0.2, 0) is 19.1 Å². The molecule has 1 aliphatic heterocycles. The van der Waals surface area contributed by atoms with Crippen LogP contribution in [0.2, 0.25) is 0 Å². The van der Waals surface area contributed by atoms with Crippen LogP contribution in [0, 0.1) is 5.92 Å². The van der Waals surface area contributed by atoms with E-state index in [9.17, 15) is 18.4 Å². The molecule has 200 valence electrons. The number of hydroxylamine groups is 1. The Hall–Kier alpha value is -3.04. The van der Waals surface area contributed by atoms with Gasteiger partial charge in [0.25, 0.3) is 0 Å². The van der Waals surface area contributed by atoms with Gasteiger partial charge in [0.2, 0.25) is 0 Å². The molecular formula is C28H33F2NO6. The van der Waals surface area contributed by atoms with Gasteiger partial charge in [-0.25, -0.2) is 4.79 Å². The molecule has 1 aliphatic carbocycles. The molecule has 0 aromatic heterocycles. The molecule has 4 rings (SSSR count). The van der Waals surface area contributed by atoms with Crippen molar-refractivity contribution in [2.45, 2.75) is 76.2 Å². The van der Waals surface area contributed by atoms with Crippen LogP contribution in [0.25, 0.3) is 0 Å². The molecular weight excluding hydrogens is 484 g/mol. The maximum Gasteiger partial charge on any atom is 0.387 e. The molecule has 1 heterocycles. The third-order valence-electron chi connectivity index (χ3n) is 6.93. The van der Waals surface area contributed by atoms with Crippen LogP contribution in [-0.4, -0.2) is 36.9 Å². The van der Waals surface area contributed by atoms with Gasteiger partial charge in [-0.05, 0) is 63.8 Å². The third kappa shape index (κ3) is 5.93. The molecule has 1 saturated carbocycles. The maximum atomic E-state index is 13.4. The summed E-state index contributed by atoms with van der Waals surface area (Å²) in [7, 11) is 1.25. The minimum atomic E-state index is -3.04. The summed E-state index contributed by atoms with van der Waals surface area (Å²) in [5, 5.41) is 0. The van der Waals surface area contributed by atoms with Gasteiger partial charge < -0.3 is 14.2 Å². The monoisotopic (exact) mass is 517 g/mol. The Bertz CT molecular complexity index is 1120. The number of methoxy groups -OCH3 is 1. The number of hydrogen-bond acceptors (Lipinski definition) is 7. The van der Waals surface area contributed by atoms with Gasteiger partial charge in [0.05, 0.1) is 30.2 Å². The molecule has 1 unspecified atom stereocenters. The number of halogens is 2. The van der Waals surface area contributed by atoms with Crippen LogP contribution in [0.4, 0.5) is 8.78 Å². The van der Waals surface area contributed by atoms with Crippen LogP contribution < -0.4 is 10.2 Å². The van der Waals surface area contributed by atoms with E-state index in [1.807, 2.05) is 51.1 Å². The lowest BCUT2D eigenvalue weighted by atomic mass is 9.64. The highest BCUT2D eigenvalue weighted by Gasteiger charge is 2.55. The average molecular weight is 518 g/mol. The second-order valence-electron chi connectivity index (χ2n) is 10.6. The number of benzene rings is 2. The Morgan fingerprint density at radius 1 is 1.14 bits per heavy atom. The quantitative estimate of drug-likeness (QED) is 0.492. The number of esters is 2. The summed E-state index contributed by atoms with van der Waals surface area (Å²) in [5.41, 5.74) is 3.05. The summed E-state index contributed by atoms with van der Waals surface area (Å²) in [6.07, 6.45) is 2.39. The van der Waals surface area contributed by atoms with Crippen molar-refractivity contribution in [3.05, 3.63) is 65.2 Å². The molecule has 1 saturated heterocycles. The highest BCUT2D eigenvalue weighted by Crippen LogP contribution is 2.54. The molecule has 7 nitrogen and oxygen atoms in total. The Morgan fingerprint density at radius 2 is 1.86 bits per heavy atom. The fraction of sp³-hybridized carbons (Fsp3) is 0.500. The van der Waals surface area contributed by atoms with Gasteiger partial charge in [-0.2, -0.15) is 14.3 Å². The minimum Gasteiger partial charge on any atom is -0.465 e. The van der Waals surface area contributed by atoms with E-state index < -0.39 is 35.7 Å². The SMILES string of the molecule is COC(=O)c1ccc(OC(F)F)c([C@@H]2C[C@@]3(CCCC(C(=O)OC(C)(C)C)[C@H]3c3ccccc3)ON2)c1. The highest BCUT2D eigenvalue weighted by molar-refractivity contribution is 5.89. The van der Waals surface area contributed by atoms with Gasteiger partial charge in [0, 0.05) is 17.9 Å². The van der Waals surface area contributed by atoms with Gasteiger partial charge in [-0.15, -0.1) is 0 Å². The predicted octanol–water partition coefficient (Wildman–Crippen LogP) is 5.71. The summed E-state index contributed by atoms with van der Waals surface area (Å²) >= 11 is 0. The summed E-state index contributed by atoms with van der Waals surface area (Å²) in [6.45, 7) is 2.47. The van der Waals surface area contributed by atoms with E-state index in [-0.39, 0.29) is 23.2 Å². The van der Waals surface area contributed by atoms with Crippen LogP contribution in [0.1, 0.15) is 79.9 Å². The molecule has 0 bridgehead atoms. The molecule has 9 heteroatoms. The molecule has 2 aliphatic rings. The van der Waals surface area contributed by atoms with Crippen molar-refractivity contribution < 1.29 is 37.4 Å². The molecule has 4 atom stereocenters. The first-order valence-electron chi connectivity index (χ1n) is 12.4. The van der Waals surface area contributed by atoms with Crippen molar-refractivity contribution in [1.29, 1.82) is 0 Å². The molecule has 1 spiro atoms. The van der Waals surface area contributed by atoms with Crippen molar-refractivity contribution in [3.63, 3.8) is 0 Å². The van der Waals surface area contributed by atoms with Gasteiger partial charge >= 0.3 is 18.6 Å². The lowest BCUT2D eigenvalue weighted by Gasteiger charge is -2.44. The zero-order chi connectivity index (χ0) is 26.8. The zero-order valence-electron chi connectivity index (χ0n) is 21.5. The van der Waals surface area contributed by atoms with Crippen LogP contribution >= 0.6 is 0 Å². The number of carbonyl (C=O) groups excluding carboxylic acids is 2. The summed E-state index contributed by atoms with van der Waals surface area (Å²) < 4.78 is 41.8. The van der Waals surface area contributed by atoms with Crippen LogP contribution in [0.15, 0.2) is 48.5 Å². The lowest BCUT2D eigenvalue weighted by molar-refractivity contribution is -0.170. The molecule has 2 fully saturated rings. The zero-order valence-corrected chi connectivity index (χ0v) is 21.5. The highest BCUT2D eigenvalue weighted by atomic mass is 19.3. The van der Waals surface area contributed by atoms with E-state index in [1.165, 1.54) is 25.3 Å². The Labute approximate surface area is 215 Å². The number of carbonyl (C=O) groups is 2.